The molecule has 0 saturated carbocycles. The number of rotatable bonds is 6. The molecule has 1 heterocycles. The summed E-state index contributed by atoms with van der Waals surface area (Å²) in [6.07, 6.45) is 2.46. The minimum Gasteiger partial charge on any atom is -0.492 e. The second-order valence-corrected chi connectivity index (χ2v) is 3.90. The van der Waals surface area contributed by atoms with Crippen molar-refractivity contribution in [3.63, 3.8) is 0 Å². The number of ether oxygens (including phenoxy) is 1. The average Bonchev–Trinajstić information content (AvgIpc) is 2.88. The van der Waals surface area contributed by atoms with Crippen LogP contribution in [0.3, 0.4) is 0 Å². The van der Waals surface area contributed by atoms with E-state index in [1.54, 1.807) is 12.1 Å². The molecule has 8 heteroatoms. The molecule has 0 aliphatic carbocycles. The summed E-state index contributed by atoms with van der Waals surface area (Å²) in [6, 6.07) is 6.09. The van der Waals surface area contributed by atoms with E-state index in [9.17, 15) is 14.9 Å². The van der Waals surface area contributed by atoms with Gasteiger partial charge in [-0.2, -0.15) is 5.10 Å². The summed E-state index contributed by atoms with van der Waals surface area (Å²) in [4.78, 5) is 20.7. The van der Waals surface area contributed by atoms with Gasteiger partial charge in [0, 0.05) is 0 Å². The highest BCUT2D eigenvalue weighted by Crippen LogP contribution is 2.13. The number of hydrogen-bond donors (Lipinski definition) is 1. The van der Waals surface area contributed by atoms with Crippen molar-refractivity contribution in [2.75, 3.05) is 6.61 Å². The Labute approximate surface area is 113 Å². The van der Waals surface area contributed by atoms with Gasteiger partial charge in [-0.1, -0.05) is 6.07 Å². The molecule has 0 unspecified atom stereocenters. The van der Waals surface area contributed by atoms with Gasteiger partial charge in [0.2, 0.25) is 0 Å². The molecule has 1 aromatic carbocycles. The van der Waals surface area contributed by atoms with Crippen LogP contribution in [0.4, 0.5) is 5.69 Å². The van der Waals surface area contributed by atoms with E-state index in [1.807, 2.05) is 0 Å². The molecule has 0 fully saturated rings. The maximum absolute atomic E-state index is 10.8. The number of nitro groups is 1. The highest BCUT2D eigenvalue weighted by Gasteiger charge is 2.08. The number of carboxylic acid groups (broad SMARTS) is 1. The van der Waals surface area contributed by atoms with Crippen molar-refractivity contribution in [1.29, 1.82) is 0 Å². The third kappa shape index (κ3) is 3.31. The van der Waals surface area contributed by atoms with E-state index in [1.165, 1.54) is 23.0 Å². The van der Waals surface area contributed by atoms with Gasteiger partial charge in [0.15, 0.2) is 0 Å². The molecule has 20 heavy (non-hydrogen) atoms. The molecule has 1 aromatic heterocycles. The third-order valence-corrected chi connectivity index (χ3v) is 2.50. The van der Waals surface area contributed by atoms with Crippen molar-refractivity contribution < 1.29 is 19.6 Å². The number of aromatic carboxylic acids is 1. The molecule has 104 valence electrons. The fraction of sp³-hybridized carbons (Fsp3) is 0.167. The summed E-state index contributed by atoms with van der Waals surface area (Å²) in [5, 5.41) is 23.1. The molecule has 0 atom stereocenters. The molecule has 0 spiro atoms. The largest absolute Gasteiger partial charge is 0.492 e. The number of aromatic nitrogens is 2. The maximum atomic E-state index is 10.8. The Kier molecular flexibility index (Phi) is 3.94. The van der Waals surface area contributed by atoms with Crippen LogP contribution < -0.4 is 4.74 Å². The molecule has 0 radical (unpaired) electrons. The first-order valence-electron chi connectivity index (χ1n) is 5.69. The van der Waals surface area contributed by atoms with Gasteiger partial charge in [-0.15, -0.1) is 0 Å². The van der Waals surface area contributed by atoms with Crippen molar-refractivity contribution in [3.05, 3.63) is 52.3 Å². The second kappa shape index (κ2) is 5.83. The van der Waals surface area contributed by atoms with Gasteiger partial charge in [0.25, 0.3) is 0 Å². The minimum absolute atomic E-state index is 0.0853. The Morgan fingerprint density at radius 2 is 2.30 bits per heavy atom. The molecule has 0 saturated heterocycles. The highest BCUT2D eigenvalue weighted by atomic mass is 16.6. The van der Waals surface area contributed by atoms with Gasteiger partial charge in [0.05, 0.1) is 17.0 Å². The Hall–Kier alpha value is -2.90. The van der Waals surface area contributed by atoms with Crippen molar-refractivity contribution in [1.82, 2.24) is 9.78 Å². The lowest BCUT2D eigenvalue weighted by Gasteiger charge is -2.06. The first kappa shape index (κ1) is 13.5. The fourth-order valence-electron chi connectivity index (χ4n) is 1.55. The molecule has 1 N–H and O–H groups in total. The Morgan fingerprint density at radius 1 is 1.50 bits per heavy atom. The van der Waals surface area contributed by atoms with Crippen LogP contribution in [0.2, 0.25) is 0 Å². The molecular weight excluding hydrogens is 266 g/mol. The number of carbonyl (C=O) groups is 1. The lowest BCUT2D eigenvalue weighted by molar-refractivity contribution is -0.385. The minimum atomic E-state index is -1.03. The van der Waals surface area contributed by atoms with Crippen LogP contribution in [0.25, 0.3) is 0 Å². The first-order valence-corrected chi connectivity index (χ1v) is 5.69. The van der Waals surface area contributed by atoms with Gasteiger partial charge in [0.1, 0.15) is 24.8 Å². The molecule has 8 nitrogen and oxygen atoms in total. The Morgan fingerprint density at radius 3 is 2.95 bits per heavy atom. The quantitative estimate of drug-likeness (QED) is 0.634. The van der Waals surface area contributed by atoms with Crippen molar-refractivity contribution >= 4 is 11.7 Å². The average molecular weight is 277 g/mol. The zero-order valence-corrected chi connectivity index (χ0v) is 10.3. The van der Waals surface area contributed by atoms with Crippen LogP contribution in [-0.2, 0) is 6.54 Å². The van der Waals surface area contributed by atoms with Gasteiger partial charge in [-0.3, -0.25) is 14.8 Å². The number of nitrogens with zero attached hydrogens (tertiary/aromatic N) is 3. The Bertz CT molecular complexity index is 638. The molecule has 0 aliphatic heterocycles. The Balaban J connectivity index is 1.90. The van der Waals surface area contributed by atoms with Crippen LogP contribution in [0.5, 0.6) is 5.75 Å². The van der Waals surface area contributed by atoms with Crippen LogP contribution in [0.15, 0.2) is 36.7 Å². The van der Waals surface area contributed by atoms with E-state index in [0.717, 1.165) is 6.20 Å². The van der Waals surface area contributed by atoms with Crippen molar-refractivity contribution in [3.8, 4) is 5.75 Å². The van der Waals surface area contributed by atoms with Gasteiger partial charge < -0.3 is 9.84 Å². The lowest BCUT2D eigenvalue weighted by Crippen LogP contribution is -2.08. The van der Waals surface area contributed by atoms with Crippen LogP contribution in [-0.4, -0.2) is 32.4 Å². The van der Waals surface area contributed by atoms with E-state index in [-0.39, 0.29) is 17.9 Å². The van der Waals surface area contributed by atoms with Crippen LogP contribution >= 0.6 is 0 Å². The SMILES string of the molecule is O=C(O)c1cccc(OCCn2cc([N+](=O)[O-])cn2)c1. The number of benzene rings is 1. The zero-order valence-electron chi connectivity index (χ0n) is 10.3. The van der Waals surface area contributed by atoms with E-state index in [0.29, 0.717) is 12.3 Å². The van der Waals surface area contributed by atoms with Crippen LogP contribution in [0, 0.1) is 10.1 Å². The molecule has 0 bridgehead atoms. The first-order chi connectivity index (χ1) is 9.56. The maximum Gasteiger partial charge on any atom is 0.335 e. The topological polar surface area (TPSA) is 107 Å². The van der Waals surface area contributed by atoms with Crippen molar-refractivity contribution in [2.24, 2.45) is 0 Å². The normalized spacial score (nSPS) is 10.2. The summed E-state index contributed by atoms with van der Waals surface area (Å²) in [5.74, 6) is -0.607. The molecule has 2 rings (SSSR count). The molecule has 0 amide bonds. The lowest BCUT2D eigenvalue weighted by atomic mass is 10.2. The molecule has 0 aliphatic rings. The standard InChI is InChI=1S/C12H11N3O5/c16-12(17)9-2-1-3-11(6-9)20-5-4-14-8-10(7-13-14)15(18)19/h1-3,6-8H,4-5H2,(H,16,17). The number of hydrogen-bond acceptors (Lipinski definition) is 5. The monoisotopic (exact) mass is 277 g/mol. The van der Waals surface area contributed by atoms with E-state index in [4.69, 9.17) is 9.84 Å². The molecular formula is C12H11N3O5. The van der Waals surface area contributed by atoms with E-state index < -0.39 is 10.9 Å². The predicted molar refractivity (Wildman–Crippen MR) is 67.8 cm³/mol. The summed E-state index contributed by atoms with van der Waals surface area (Å²) in [5.41, 5.74) is 0.0510. The summed E-state index contributed by atoms with van der Waals surface area (Å²) in [6.45, 7) is 0.549. The fourth-order valence-corrected chi connectivity index (χ4v) is 1.55. The third-order valence-electron chi connectivity index (χ3n) is 2.50. The summed E-state index contributed by atoms with van der Waals surface area (Å²) < 4.78 is 6.76. The molecule has 2 aromatic rings. The summed E-state index contributed by atoms with van der Waals surface area (Å²) >= 11 is 0. The van der Waals surface area contributed by atoms with Gasteiger partial charge in [-0.05, 0) is 18.2 Å². The predicted octanol–water partition coefficient (Wildman–Crippen LogP) is 1.57. The van der Waals surface area contributed by atoms with Gasteiger partial charge >= 0.3 is 11.7 Å². The van der Waals surface area contributed by atoms with E-state index >= 15 is 0 Å². The van der Waals surface area contributed by atoms with E-state index in [2.05, 4.69) is 5.10 Å². The van der Waals surface area contributed by atoms with Crippen molar-refractivity contribution in [2.45, 2.75) is 6.54 Å². The van der Waals surface area contributed by atoms with Crippen LogP contribution in [0.1, 0.15) is 10.4 Å². The summed E-state index contributed by atoms with van der Waals surface area (Å²) in [7, 11) is 0. The highest BCUT2D eigenvalue weighted by molar-refractivity contribution is 5.87. The van der Waals surface area contributed by atoms with Gasteiger partial charge in [-0.25, -0.2) is 4.79 Å². The second-order valence-electron chi connectivity index (χ2n) is 3.90. The smallest absolute Gasteiger partial charge is 0.335 e. The zero-order chi connectivity index (χ0) is 14.5. The number of carboxylic acids is 1.